The maximum absolute atomic E-state index is 12.4. The van der Waals surface area contributed by atoms with Gasteiger partial charge < -0.3 is 15.8 Å². The van der Waals surface area contributed by atoms with Crippen LogP contribution in [0.3, 0.4) is 0 Å². The van der Waals surface area contributed by atoms with Gasteiger partial charge in [-0.05, 0) is 13.3 Å². The summed E-state index contributed by atoms with van der Waals surface area (Å²) in [6.45, 7) is 9.66. The van der Waals surface area contributed by atoms with Crippen molar-refractivity contribution >= 4 is 5.91 Å². The Hall–Kier alpha value is -0.610. The maximum Gasteiger partial charge on any atom is 0.240 e. The molecule has 1 rings (SSSR count). The molecule has 124 valence electrons. The standard InChI is InChI=1S/C17H34N2O2/c1-5-7-8-9-10-11-12-19-15(20)17(18)13-14(21-6-2)16(17,3)4/h14H,5-13,18H2,1-4H3,(H,19,20). The van der Waals surface area contributed by atoms with Gasteiger partial charge in [0.25, 0.3) is 0 Å². The molecular formula is C17H34N2O2. The predicted molar refractivity (Wildman–Crippen MR) is 87.1 cm³/mol. The van der Waals surface area contributed by atoms with Crippen molar-refractivity contribution < 1.29 is 9.53 Å². The van der Waals surface area contributed by atoms with Gasteiger partial charge in [-0.15, -0.1) is 0 Å². The highest BCUT2D eigenvalue weighted by molar-refractivity contribution is 5.88. The normalized spacial score (nSPS) is 27.2. The number of nitrogens with one attached hydrogen (secondary N) is 1. The molecule has 0 heterocycles. The quantitative estimate of drug-likeness (QED) is 0.609. The van der Waals surface area contributed by atoms with Crippen molar-refractivity contribution in [1.29, 1.82) is 0 Å². The van der Waals surface area contributed by atoms with Crippen LogP contribution in [0.2, 0.25) is 0 Å². The van der Waals surface area contributed by atoms with E-state index in [9.17, 15) is 4.79 Å². The summed E-state index contributed by atoms with van der Waals surface area (Å²) in [5, 5.41) is 3.01. The predicted octanol–water partition coefficient (Wildman–Crippen LogP) is 3.00. The summed E-state index contributed by atoms with van der Waals surface area (Å²) < 4.78 is 5.66. The van der Waals surface area contributed by atoms with E-state index in [1.807, 2.05) is 20.8 Å². The molecule has 0 bridgehead atoms. The highest BCUT2D eigenvalue weighted by Crippen LogP contribution is 2.49. The molecule has 4 heteroatoms. The third-order valence-corrected chi connectivity index (χ3v) is 5.05. The van der Waals surface area contributed by atoms with Crippen LogP contribution in [-0.4, -0.2) is 30.7 Å². The number of ether oxygens (including phenoxy) is 1. The second kappa shape index (κ2) is 8.14. The van der Waals surface area contributed by atoms with Crippen molar-refractivity contribution in [2.24, 2.45) is 11.1 Å². The Morgan fingerprint density at radius 1 is 1.19 bits per heavy atom. The summed E-state index contributed by atoms with van der Waals surface area (Å²) in [6.07, 6.45) is 8.07. The van der Waals surface area contributed by atoms with Gasteiger partial charge in [-0.3, -0.25) is 4.79 Å². The molecule has 0 aromatic rings. The molecule has 0 aromatic heterocycles. The van der Waals surface area contributed by atoms with E-state index in [1.165, 1.54) is 32.1 Å². The van der Waals surface area contributed by atoms with E-state index in [4.69, 9.17) is 10.5 Å². The number of hydrogen-bond acceptors (Lipinski definition) is 3. The third kappa shape index (κ3) is 4.19. The molecule has 3 N–H and O–H groups in total. The highest BCUT2D eigenvalue weighted by atomic mass is 16.5. The van der Waals surface area contributed by atoms with E-state index < -0.39 is 5.54 Å². The number of carbonyl (C=O) groups excluding carboxylic acids is 1. The summed E-state index contributed by atoms with van der Waals surface area (Å²) in [5.41, 5.74) is 5.25. The van der Waals surface area contributed by atoms with Crippen LogP contribution in [0.25, 0.3) is 0 Å². The first-order valence-electron chi connectivity index (χ1n) is 8.59. The molecule has 0 radical (unpaired) electrons. The molecular weight excluding hydrogens is 264 g/mol. The molecule has 2 atom stereocenters. The first-order valence-corrected chi connectivity index (χ1v) is 8.59. The first kappa shape index (κ1) is 18.4. The third-order valence-electron chi connectivity index (χ3n) is 5.05. The van der Waals surface area contributed by atoms with Gasteiger partial charge in [0, 0.05) is 25.0 Å². The minimum atomic E-state index is -0.783. The first-order chi connectivity index (χ1) is 9.90. The molecule has 4 nitrogen and oxygen atoms in total. The summed E-state index contributed by atoms with van der Waals surface area (Å²) in [5.74, 6) is -0.0167. The number of unbranched alkanes of at least 4 members (excludes halogenated alkanes) is 5. The molecule has 1 fully saturated rings. The Bertz CT molecular complexity index is 331. The second-order valence-electron chi connectivity index (χ2n) is 6.86. The zero-order chi connectivity index (χ0) is 15.9. The van der Waals surface area contributed by atoms with E-state index in [0.717, 1.165) is 13.0 Å². The van der Waals surface area contributed by atoms with E-state index >= 15 is 0 Å². The van der Waals surface area contributed by atoms with E-state index in [2.05, 4.69) is 12.2 Å². The average molecular weight is 298 g/mol. The van der Waals surface area contributed by atoms with Gasteiger partial charge in [0.1, 0.15) is 5.54 Å². The van der Waals surface area contributed by atoms with Crippen LogP contribution in [0.15, 0.2) is 0 Å². The molecule has 1 aliphatic carbocycles. The van der Waals surface area contributed by atoms with Gasteiger partial charge in [0.15, 0.2) is 0 Å². The van der Waals surface area contributed by atoms with Crippen molar-refractivity contribution in [2.75, 3.05) is 13.2 Å². The van der Waals surface area contributed by atoms with Crippen molar-refractivity contribution in [3.05, 3.63) is 0 Å². The van der Waals surface area contributed by atoms with Gasteiger partial charge in [-0.1, -0.05) is 52.9 Å². The summed E-state index contributed by atoms with van der Waals surface area (Å²) in [6, 6.07) is 0. The Morgan fingerprint density at radius 3 is 2.38 bits per heavy atom. The lowest BCUT2D eigenvalue weighted by atomic mass is 9.54. The second-order valence-corrected chi connectivity index (χ2v) is 6.86. The van der Waals surface area contributed by atoms with Crippen LogP contribution in [0, 0.1) is 5.41 Å². The van der Waals surface area contributed by atoms with Gasteiger partial charge in [0.2, 0.25) is 5.91 Å². The van der Waals surface area contributed by atoms with E-state index in [0.29, 0.717) is 13.0 Å². The van der Waals surface area contributed by atoms with Crippen LogP contribution in [-0.2, 0) is 9.53 Å². The lowest BCUT2D eigenvalue weighted by Crippen LogP contribution is -2.75. The fourth-order valence-electron chi connectivity index (χ4n) is 3.09. The summed E-state index contributed by atoms with van der Waals surface area (Å²) >= 11 is 0. The van der Waals surface area contributed by atoms with Crippen molar-refractivity contribution in [1.82, 2.24) is 5.32 Å². The van der Waals surface area contributed by atoms with Crippen LogP contribution >= 0.6 is 0 Å². The van der Waals surface area contributed by atoms with Crippen LogP contribution in [0.1, 0.15) is 72.6 Å². The Balaban J connectivity index is 2.26. The molecule has 0 aromatic carbocycles. The van der Waals surface area contributed by atoms with Gasteiger partial charge >= 0.3 is 0 Å². The zero-order valence-corrected chi connectivity index (χ0v) is 14.3. The largest absolute Gasteiger partial charge is 0.378 e. The van der Waals surface area contributed by atoms with E-state index in [1.54, 1.807) is 0 Å². The lowest BCUT2D eigenvalue weighted by Gasteiger charge is -2.57. The van der Waals surface area contributed by atoms with Gasteiger partial charge in [-0.25, -0.2) is 0 Å². The van der Waals surface area contributed by atoms with Crippen molar-refractivity contribution in [2.45, 2.75) is 84.3 Å². The van der Waals surface area contributed by atoms with Gasteiger partial charge in [0.05, 0.1) is 6.10 Å². The average Bonchev–Trinajstić information content (AvgIpc) is 2.45. The Morgan fingerprint density at radius 2 is 1.81 bits per heavy atom. The SMILES string of the molecule is CCCCCCCCNC(=O)C1(N)CC(OCC)C1(C)C. The molecule has 1 amide bonds. The summed E-state index contributed by atoms with van der Waals surface area (Å²) in [7, 11) is 0. The number of nitrogens with two attached hydrogens (primary N) is 1. The Kier molecular flexibility index (Phi) is 7.14. The number of hydrogen-bond donors (Lipinski definition) is 2. The fraction of sp³-hybridized carbons (Fsp3) is 0.941. The van der Waals surface area contributed by atoms with Crippen LogP contribution in [0.5, 0.6) is 0 Å². The van der Waals surface area contributed by atoms with Crippen molar-refractivity contribution in [3.8, 4) is 0 Å². The monoisotopic (exact) mass is 298 g/mol. The molecule has 0 spiro atoms. The van der Waals surface area contributed by atoms with Crippen LogP contribution in [0.4, 0.5) is 0 Å². The van der Waals surface area contributed by atoms with E-state index in [-0.39, 0.29) is 17.4 Å². The molecule has 2 unspecified atom stereocenters. The summed E-state index contributed by atoms with van der Waals surface area (Å²) in [4.78, 5) is 12.4. The fourth-order valence-corrected chi connectivity index (χ4v) is 3.09. The number of carbonyl (C=O) groups is 1. The minimum Gasteiger partial charge on any atom is -0.378 e. The minimum absolute atomic E-state index is 0.0167. The molecule has 0 saturated heterocycles. The Labute approximate surface area is 130 Å². The topological polar surface area (TPSA) is 64.4 Å². The number of amides is 1. The smallest absolute Gasteiger partial charge is 0.240 e. The maximum atomic E-state index is 12.4. The van der Waals surface area contributed by atoms with Gasteiger partial charge in [-0.2, -0.15) is 0 Å². The lowest BCUT2D eigenvalue weighted by molar-refractivity contribution is -0.170. The zero-order valence-electron chi connectivity index (χ0n) is 14.3. The molecule has 1 aliphatic rings. The van der Waals surface area contributed by atoms with Crippen molar-refractivity contribution in [3.63, 3.8) is 0 Å². The highest BCUT2D eigenvalue weighted by Gasteiger charge is 2.62. The van der Waals surface area contributed by atoms with Crippen LogP contribution < -0.4 is 11.1 Å². The number of rotatable bonds is 10. The molecule has 21 heavy (non-hydrogen) atoms. The molecule has 0 aliphatic heterocycles. The molecule has 1 saturated carbocycles.